The summed E-state index contributed by atoms with van der Waals surface area (Å²) in [7, 11) is 0. The minimum absolute atomic E-state index is 0.230. The molecule has 0 radical (unpaired) electrons. The van der Waals surface area contributed by atoms with Gasteiger partial charge in [-0.1, -0.05) is 18.7 Å². The molecule has 0 atom stereocenters. The van der Waals surface area contributed by atoms with Crippen LogP contribution in [0.2, 0.25) is 0 Å². The van der Waals surface area contributed by atoms with Crippen molar-refractivity contribution in [3.05, 3.63) is 21.2 Å². The lowest BCUT2D eigenvalue weighted by Gasteiger charge is -2.21. The zero-order chi connectivity index (χ0) is 10.7. The highest BCUT2D eigenvalue weighted by Gasteiger charge is 2.27. The van der Waals surface area contributed by atoms with Crippen molar-refractivity contribution in [1.82, 2.24) is 0 Å². The van der Waals surface area contributed by atoms with Crippen LogP contribution in [0.1, 0.15) is 13.3 Å². The fourth-order valence-corrected chi connectivity index (χ4v) is 2.22. The second kappa shape index (κ2) is 4.08. The first-order valence-corrected chi connectivity index (χ1v) is 4.94. The Morgan fingerprint density at radius 2 is 1.64 bits per heavy atom. The quantitative estimate of drug-likeness (QED) is 0.670. The molecular formula is C9H10N4S. The first-order valence-electron chi connectivity index (χ1n) is 4.13. The second-order valence-electron chi connectivity index (χ2n) is 2.84. The van der Waals surface area contributed by atoms with Crippen LogP contribution in [0.5, 0.6) is 0 Å². The van der Waals surface area contributed by atoms with Crippen LogP contribution in [0.3, 0.4) is 0 Å². The Hall–Kier alpha value is -1.59. The van der Waals surface area contributed by atoms with Crippen molar-refractivity contribution in [1.29, 1.82) is 10.5 Å². The number of hydrogen-bond acceptors (Lipinski definition) is 5. The molecule has 1 aliphatic rings. The predicted octanol–water partition coefficient (Wildman–Crippen LogP) is 1.15. The van der Waals surface area contributed by atoms with E-state index < -0.39 is 0 Å². The number of nitrogens with two attached hydrogens (primary N) is 2. The molecule has 0 aromatic carbocycles. The molecule has 0 bridgehead atoms. The van der Waals surface area contributed by atoms with E-state index in [2.05, 4.69) is 0 Å². The van der Waals surface area contributed by atoms with E-state index in [-0.39, 0.29) is 5.92 Å². The first kappa shape index (κ1) is 10.5. The summed E-state index contributed by atoms with van der Waals surface area (Å²) in [4.78, 5) is 0. The number of hydrogen-bond donors (Lipinski definition) is 2. The lowest BCUT2D eigenvalue weighted by atomic mass is 9.90. The lowest BCUT2D eigenvalue weighted by Crippen LogP contribution is -2.18. The molecule has 0 unspecified atom stereocenters. The van der Waals surface area contributed by atoms with E-state index >= 15 is 0 Å². The SMILES string of the molecule is CCC1C(C#N)=C(N)SC(N)=C1C#N. The Labute approximate surface area is 86.9 Å². The molecular weight excluding hydrogens is 196 g/mol. The molecule has 4 nitrogen and oxygen atoms in total. The van der Waals surface area contributed by atoms with Gasteiger partial charge in [-0.15, -0.1) is 0 Å². The fraction of sp³-hybridized carbons (Fsp3) is 0.333. The molecule has 0 saturated heterocycles. The third-order valence-corrected chi connectivity index (χ3v) is 2.98. The molecule has 1 aliphatic heterocycles. The maximum atomic E-state index is 8.89. The van der Waals surface area contributed by atoms with Crippen molar-refractivity contribution in [3.63, 3.8) is 0 Å². The van der Waals surface area contributed by atoms with Gasteiger partial charge in [0.25, 0.3) is 0 Å². The first-order chi connectivity index (χ1) is 6.65. The highest BCUT2D eigenvalue weighted by atomic mass is 32.2. The van der Waals surface area contributed by atoms with Crippen LogP contribution in [-0.4, -0.2) is 0 Å². The van der Waals surface area contributed by atoms with Crippen molar-refractivity contribution in [2.24, 2.45) is 17.4 Å². The van der Waals surface area contributed by atoms with Gasteiger partial charge in [0.15, 0.2) is 0 Å². The van der Waals surface area contributed by atoms with Crippen LogP contribution in [0.4, 0.5) is 0 Å². The average Bonchev–Trinajstić information content (AvgIpc) is 2.16. The van der Waals surface area contributed by atoms with Gasteiger partial charge in [-0.3, -0.25) is 0 Å². The maximum Gasteiger partial charge on any atom is 0.0981 e. The third-order valence-electron chi connectivity index (χ3n) is 2.10. The molecule has 0 aliphatic carbocycles. The molecule has 0 spiro atoms. The standard InChI is InChI=1S/C9H10N4S/c1-2-5-6(3-10)8(12)14-9(13)7(5)4-11/h5H,2,12-13H2,1H3. The van der Waals surface area contributed by atoms with Crippen LogP contribution in [-0.2, 0) is 0 Å². The van der Waals surface area contributed by atoms with Gasteiger partial charge in [-0.25, -0.2) is 0 Å². The zero-order valence-corrected chi connectivity index (χ0v) is 8.56. The normalized spacial score (nSPS) is 17.9. The van der Waals surface area contributed by atoms with Crippen LogP contribution in [0.25, 0.3) is 0 Å². The molecule has 4 N–H and O–H groups in total. The molecule has 5 heteroatoms. The molecule has 0 aromatic heterocycles. The monoisotopic (exact) mass is 206 g/mol. The van der Waals surface area contributed by atoms with Crippen LogP contribution >= 0.6 is 11.8 Å². The summed E-state index contributed by atoms with van der Waals surface area (Å²) < 4.78 is 0. The predicted molar refractivity (Wildman–Crippen MR) is 55.0 cm³/mol. The lowest BCUT2D eigenvalue weighted by molar-refractivity contribution is 0.710. The summed E-state index contributed by atoms with van der Waals surface area (Å²) in [6.07, 6.45) is 0.660. The van der Waals surface area contributed by atoms with Crippen molar-refractivity contribution >= 4 is 11.8 Å². The third kappa shape index (κ3) is 1.55. The van der Waals surface area contributed by atoms with Crippen molar-refractivity contribution < 1.29 is 0 Å². The van der Waals surface area contributed by atoms with Gasteiger partial charge >= 0.3 is 0 Å². The van der Waals surface area contributed by atoms with Gasteiger partial charge in [0.05, 0.1) is 33.3 Å². The fourth-order valence-electron chi connectivity index (χ4n) is 1.39. The van der Waals surface area contributed by atoms with E-state index in [0.717, 1.165) is 11.8 Å². The number of nitrogens with zero attached hydrogens (tertiary/aromatic N) is 2. The van der Waals surface area contributed by atoms with E-state index in [9.17, 15) is 0 Å². The Balaban J connectivity index is 3.21. The minimum Gasteiger partial charge on any atom is -0.392 e. The maximum absolute atomic E-state index is 8.89. The van der Waals surface area contributed by atoms with Gasteiger partial charge in [0.2, 0.25) is 0 Å². The molecule has 0 aromatic rings. The Bertz CT molecular complexity index is 358. The number of thioether (sulfide) groups is 1. The van der Waals surface area contributed by atoms with Gasteiger partial charge in [-0.05, 0) is 6.42 Å². The van der Waals surface area contributed by atoms with E-state index in [1.165, 1.54) is 0 Å². The van der Waals surface area contributed by atoms with Crippen molar-refractivity contribution in [2.75, 3.05) is 0 Å². The second-order valence-corrected chi connectivity index (χ2v) is 3.93. The highest BCUT2D eigenvalue weighted by molar-refractivity contribution is 8.06. The van der Waals surface area contributed by atoms with Gasteiger partial charge in [0, 0.05) is 5.92 Å². The van der Waals surface area contributed by atoms with E-state index in [1.807, 2.05) is 19.1 Å². The minimum atomic E-state index is -0.230. The van der Waals surface area contributed by atoms with Crippen molar-refractivity contribution in [2.45, 2.75) is 13.3 Å². The summed E-state index contributed by atoms with van der Waals surface area (Å²) in [5, 5.41) is 18.6. The Kier molecular flexibility index (Phi) is 3.06. The summed E-state index contributed by atoms with van der Waals surface area (Å²) in [5.41, 5.74) is 12.2. The molecule has 0 saturated carbocycles. The van der Waals surface area contributed by atoms with Crippen LogP contribution < -0.4 is 11.5 Å². The molecule has 1 heterocycles. The van der Waals surface area contributed by atoms with Crippen LogP contribution in [0, 0.1) is 28.6 Å². The summed E-state index contributed by atoms with van der Waals surface area (Å²) >= 11 is 1.10. The largest absolute Gasteiger partial charge is 0.392 e. The van der Waals surface area contributed by atoms with E-state index in [4.69, 9.17) is 22.0 Å². The number of nitriles is 2. The van der Waals surface area contributed by atoms with E-state index in [1.54, 1.807) is 0 Å². The Morgan fingerprint density at radius 1 is 1.21 bits per heavy atom. The number of rotatable bonds is 1. The van der Waals surface area contributed by atoms with Gasteiger partial charge < -0.3 is 11.5 Å². The average molecular weight is 206 g/mol. The Morgan fingerprint density at radius 3 is 1.93 bits per heavy atom. The molecule has 1 rings (SSSR count). The zero-order valence-electron chi connectivity index (χ0n) is 7.74. The van der Waals surface area contributed by atoms with Gasteiger partial charge in [0.1, 0.15) is 0 Å². The van der Waals surface area contributed by atoms with Crippen LogP contribution in [0.15, 0.2) is 21.2 Å². The van der Waals surface area contributed by atoms with E-state index in [0.29, 0.717) is 27.6 Å². The summed E-state index contributed by atoms with van der Waals surface area (Å²) in [6.45, 7) is 1.90. The summed E-state index contributed by atoms with van der Waals surface area (Å²) in [6, 6.07) is 4.07. The van der Waals surface area contributed by atoms with Crippen molar-refractivity contribution in [3.8, 4) is 12.1 Å². The molecule has 0 fully saturated rings. The summed E-state index contributed by atoms with van der Waals surface area (Å²) in [5.74, 6) is -0.230. The number of allylic oxidation sites excluding steroid dienone is 2. The smallest absolute Gasteiger partial charge is 0.0981 e. The topological polar surface area (TPSA) is 99.6 Å². The molecule has 72 valence electrons. The molecule has 14 heavy (non-hydrogen) atoms. The molecule has 0 amide bonds. The van der Waals surface area contributed by atoms with Gasteiger partial charge in [-0.2, -0.15) is 10.5 Å². The highest BCUT2D eigenvalue weighted by Crippen LogP contribution is 2.38.